The summed E-state index contributed by atoms with van der Waals surface area (Å²) < 4.78 is 29.7. The van der Waals surface area contributed by atoms with E-state index in [0.29, 0.717) is 17.0 Å². The van der Waals surface area contributed by atoms with Crippen LogP contribution in [0.2, 0.25) is 0 Å². The third-order valence-corrected chi connectivity index (χ3v) is 2.05. The first kappa shape index (κ1) is 9.40. The van der Waals surface area contributed by atoms with Crippen LogP contribution in [0.15, 0.2) is 22.6 Å². The van der Waals surface area contributed by atoms with Crippen LogP contribution in [0.4, 0.5) is 8.78 Å². The third-order valence-electron chi connectivity index (χ3n) is 1.82. The summed E-state index contributed by atoms with van der Waals surface area (Å²) in [6.45, 7) is 0. The second-order valence-corrected chi connectivity index (χ2v) is 3.04. The average Bonchev–Trinajstić information content (AvgIpc) is 2.58. The van der Waals surface area contributed by atoms with Crippen molar-refractivity contribution in [3.63, 3.8) is 0 Å². The summed E-state index contributed by atoms with van der Waals surface area (Å²) >= 11 is 5.50. The van der Waals surface area contributed by atoms with Crippen molar-refractivity contribution >= 4 is 22.7 Å². The molecular weight excluding hydrogens is 212 g/mol. The Bertz CT molecular complexity index is 455. The quantitative estimate of drug-likeness (QED) is 0.720. The predicted octanol–water partition coefficient (Wildman–Crippen LogP) is 3.50. The topological polar surface area (TPSA) is 26.0 Å². The van der Waals surface area contributed by atoms with Gasteiger partial charge in [0.15, 0.2) is 5.58 Å². The number of aromatic nitrogens is 1. The summed E-state index contributed by atoms with van der Waals surface area (Å²) in [5.41, 5.74) is 0.818. The van der Waals surface area contributed by atoms with Gasteiger partial charge in [0.25, 0.3) is 6.43 Å². The maximum atomic E-state index is 12.3. The van der Waals surface area contributed by atoms with Gasteiger partial charge in [-0.25, -0.2) is 13.8 Å². The summed E-state index contributed by atoms with van der Waals surface area (Å²) in [6, 6.07) is 4.10. The van der Waals surface area contributed by atoms with Crippen LogP contribution in [0.3, 0.4) is 0 Å². The van der Waals surface area contributed by atoms with Gasteiger partial charge < -0.3 is 4.42 Å². The Morgan fingerprint density at radius 2 is 2.21 bits per heavy atom. The van der Waals surface area contributed by atoms with Gasteiger partial charge in [0.1, 0.15) is 5.52 Å². The molecule has 14 heavy (non-hydrogen) atoms. The number of alkyl halides is 3. The Labute approximate surface area is 83.5 Å². The van der Waals surface area contributed by atoms with E-state index in [2.05, 4.69) is 4.98 Å². The van der Waals surface area contributed by atoms with E-state index >= 15 is 0 Å². The van der Waals surface area contributed by atoms with Gasteiger partial charge in [-0.2, -0.15) is 0 Å². The van der Waals surface area contributed by atoms with Gasteiger partial charge >= 0.3 is 0 Å². The van der Waals surface area contributed by atoms with Gasteiger partial charge in [0.2, 0.25) is 5.89 Å². The Morgan fingerprint density at radius 1 is 1.43 bits per heavy atom. The summed E-state index contributed by atoms with van der Waals surface area (Å²) in [5, 5.41) is 0. The van der Waals surface area contributed by atoms with E-state index in [4.69, 9.17) is 16.0 Å². The number of benzene rings is 1. The molecule has 2 nitrogen and oxygen atoms in total. The van der Waals surface area contributed by atoms with Gasteiger partial charge in [0, 0.05) is 5.56 Å². The van der Waals surface area contributed by atoms with E-state index < -0.39 is 6.43 Å². The van der Waals surface area contributed by atoms with Gasteiger partial charge in [-0.15, -0.1) is 11.6 Å². The molecule has 2 aromatic rings. The Hall–Kier alpha value is -1.16. The molecule has 0 atom stereocenters. The van der Waals surface area contributed by atoms with Crippen molar-refractivity contribution < 1.29 is 13.2 Å². The minimum absolute atomic E-state index is 0.0743. The zero-order valence-electron chi connectivity index (χ0n) is 7.01. The van der Waals surface area contributed by atoms with Crippen LogP contribution in [-0.4, -0.2) is 4.98 Å². The molecule has 0 aliphatic heterocycles. The smallest absolute Gasteiger partial charge is 0.263 e. The third kappa shape index (κ3) is 1.57. The normalized spacial score (nSPS) is 11.4. The predicted molar refractivity (Wildman–Crippen MR) is 48.5 cm³/mol. The van der Waals surface area contributed by atoms with Crippen LogP contribution >= 0.6 is 11.6 Å². The number of halogens is 3. The van der Waals surface area contributed by atoms with E-state index in [1.54, 1.807) is 0 Å². The minimum atomic E-state index is -2.50. The molecule has 0 aliphatic rings. The summed E-state index contributed by atoms with van der Waals surface area (Å²) in [7, 11) is 0. The van der Waals surface area contributed by atoms with E-state index in [9.17, 15) is 8.78 Å². The molecule has 74 valence electrons. The van der Waals surface area contributed by atoms with Crippen LogP contribution in [0, 0.1) is 0 Å². The van der Waals surface area contributed by atoms with E-state index in [-0.39, 0.29) is 11.4 Å². The summed E-state index contributed by atoms with van der Waals surface area (Å²) in [6.07, 6.45) is -2.50. The van der Waals surface area contributed by atoms with Crippen molar-refractivity contribution in [1.29, 1.82) is 0 Å². The van der Waals surface area contributed by atoms with Crippen molar-refractivity contribution in [2.24, 2.45) is 0 Å². The number of nitrogens with zero attached hydrogens (tertiary/aromatic N) is 1. The second-order valence-electron chi connectivity index (χ2n) is 2.77. The molecule has 2 rings (SSSR count). The molecule has 0 bridgehead atoms. The Morgan fingerprint density at radius 3 is 2.86 bits per heavy atom. The summed E-state index contributed by atoms with van der Waals surface area (Å²) in [4.78, 5) is 3.99. The highest BCUT2D eigenvalue weighted by Crippen LogP contribution is 2.24. The largest absolute Gasteiger partial charge is 0.439 e. The molecule has 0 fully saturated rings. The van der Waals surface area contributed by atoms with Crippen molar-refractivity contribution in [1.82, 2.24) is 4.98 Å². The van der Waals surface area contributed by atoms with Gasteiger partial charge in [-0.1, -0.05) is 6.07 Å². The van der Waals surface area contributed by atoms with Crippen molar-refractivity contribution in [2.75, 3.05) is 0 Å². The minimum Gasteiger partial charge on any atom is -0.439 e. The van der Waals surface area contributed by atoms with Gasteiger partial charge in [-0.05, 0) is 12.1 Å². The second kappa shape index (κ2) is 3.53. The van der Waals surface area contributed by atoms with E-state index in [0.717, 1.165) is 0 Å². The van der Waals surface area contributed by atoms with E-state index in [1.807, 2.05) is 0 Å². The molecule has 0 N–H and O–H groups in total. The van der Waals surface area contributed by atoms with Crippen molar-refractivity contribution in [3.8, 4) is 0 Å². The lowest BCUT2D eigenvalue weighted by Crippen LogP contribution is -1.82. The molecule has 5 heteroatoms. The zero-order valence-corrected chi connectivity index (χ0v) is 7.76. The fourth-order valence-corrected chi connectivity index (χ4v) is 1.30. The first-order chi connectivity index (χ1) is 6.70. The van der Waals surface area contributed by atoms with Crippen LogP contribution in [0.25, 0.3) is 11.1 Å². The molecular formula is C9H6ClF2NO. The Balaban J connectivity index is 2.54. The molecule has 0 unspecified atom stereocenters. The molecule has 0 saturated carbocycles. The highest BCUT2D eigenvalue weighted by molar-refractivity contribution is 6.16. The molecule has 0 saturated heterocycles. The fraction of sp³-hybridized carbons (Fsp3) is 0.222. The molecule has 0 radical (unpaired) electrons. The monoisotopic (exact) mass is 217 g/mol. The number of hydrogen-bond donors (Lipinski definition) is 0. The highest BCUT2D eigenvalue weighted by atomic mass is 35.5. The average molecular weight is 218 g/mol. The SMILES string of the molecule is FC(F)c1ccc2nc(CCl)oc2c1. The number of rotatable bonds is 2. The highest BCUT2D eigenvalue weighted by Gasteiger charge is 2.10. The van der Waals surface area contributed by atoms with Crippen LogP contribution < -0.4 is 0 Å². The number of fused-ring (bicyclic) bond motifs is 1. The van der Waals surface area contributed by atoms with Gasteiger partial charge in [0.05, 0.1) is 5.88 Å². The van der Waals surface area contributed by atoms with Crippen LogP contribution in [-0.2, 0) is 5.88 Å². The lowest BCUT2D eigenvalue weighted by atomic mass is 10.2. The molecule has 0 spiro atoms. The number of hydrogen-bond acceptors (Lipinski definition) is 2. The lowest BCUT2D eigenvalue weighted by Gasteiger charge is -1.96. The zero-order chi connectivity index (χ0) is 10.1. The van der Waals surface area contributed by atoms with Gasteiger partial charge in [-0.3, -0.25) is 0 Å². The maximum absolute atomic E-state index is 12.3. The number of oxazole rings is 1. The Kier molecular flexibility index (Phi) is 2.37. The maximum Gasteiger partial charge on any atom is 0.263 e. The molecule has 1 aromatic carbocycles. The first-order valence-electron chi connectivity index (χ1n) is 3.94. The standard InChI is InChI=1S/C9H6ClF2NO/c10-4-8-13-6-2-1-5(9(11)12)3-7(6)14-8/h1-3,9H,4H2. The lowest BCUT2D eigenvalue weighted by molar-refractivity contribution is 0.151. The van der Waals surface area contributed by atoms with Crippen LogP contribution in [0.1, 0.15) is 17.9 Å². The van der Waals surface area contributed by atoms with Crippen LogP contribution in [0.5, 0.6) is 0 Å². The van der Waals surface area contributed by atoms with Crippen molar-refractivity contribution in [3.05, 3.63) is 29.7 Å². The summed E-state index contributed by atoms with van der Waals surface area (Å²) in [5.74, 6) is 0.478. The van der Waals surface area contributed by atoms with Crippen molar-refractivity contribution in [2.45, 2.75) is 12.3 Å². The molecule has 1 aromatic heterocycles. The molecule has 0 aliphatic carbocycles. The fourth-order valence-electron chi connectivity index (χ4n) is 1.18. The molecule has 1 heterocycles. The van der Waals surface area contributed by atoms with E-state index in [1.165, 1.54) is 18.2 Å². The first-order valence-corrected chi connectivity index (χ1v) is 4.47. The molecule has 0 amide bonds.